The van der Waals surface area contributed by atoms with Gasteiger partial charge in [0.25, 0.3) is 5.91 Å². The number of fused-ring (bicyclic) bond motifs is 1. The third kappa shape index (κ3) is 4.18. The summed E-state index contributed by atoms with van der Waals surface area (Å²) in [6, 6.07) is 12.4. The number of furan rings is 1. The SMILES string of the molecule is COCc1c(C(=O)O[C@@H](C)C(=O)Nc2cc(Cl)ccc2C)oc2ccccc12. The predicted molar refractivity (Wildman–Crippen MR) is 107 cm³/mol. The molecular weight excluding hydrogens is 382 g/mol. The molecule has 6 nitrogen and oxygen atoms in total. The van der Waals surface area contributed by atoms with Crippen LogP contribution in [0.4, 0.5) is 5.69 Å². The summed E-state index contributed by atoms with van der Waals surface area (Å²) in [6.07, 6.45) is -1.03. The molecule has 3 rings (SSSR count). The van der Waals surface area contributed by atoms with E-state index in [4.69, 9.17) is 25.5 Å². The second kappa shape index (κ2) is 8.46. The molecule has 0 saturated carbocycles. The lowest BCUT2D eigenvalue weighted by Crippen LogP contribution is -2.30. The second-order valence-corrected chi connectivity index (χ2v) is 6.77. The van der Waals surface area contributed by atoms with Crippen molar-refractivity contribution in [3.8, 4) is 0 Å². The number of methoxy groups -OCH3 is 1. The smallest absolute Gasteiger partial charge is 0.375 e. The highest BCUT2D eigenvalue weighted by atomic mass is 35.5. The normalized spacial score (nSPS) is 12.0. The average Bonchev–Trinajstić information content (AvgIpc) is 3.04. The number of amides is 1. The number of benzene rings is 2. The highest BCUT2D eigenvalue weighted by molar-refractivity contribution is 6.31. The van der Waals surface area contributed by atoms with E-state index in [0.29, 0.717) is 21.9 Å². The lowest BCUT2D eigenvalue weighted by molar-refractivity contribution is -0.123. The number of halogens is 1. The molecular formula is C21H20ClNO5. The lowest BCUT2D eigenvalue weighted by atomic mass is 10.1. The molecule has 1 aromatic heterocycles. The molecule has 28 heavy (non-hydrogen) atoms. The Balaban J connectivity index is 1.77. The van der Waals surface area contributed by atoms with Crippen LogP contribution in [-0.2, 0) is 20.9 Å². The van der Waals surface area contributed by atoms with E-state index < -0.39 is 18.0 Å². The molecule has 2 aromatic carbocycles. The maximum absolute atomic E-state index is 12.6. The van der Waals surface area contributed by atoms with Crippen LogP contribution in [0, 0.1) is 6.92 Å². The fraction of sp³-hybridized carbons (Fsp3) is 0.238. The summed E-state index contributed by atoms with van der Waals surface area (Å²) in [7, 11) is 1.53. The van der Waals surface area contributed by atoms with Crippen molar-refractivity contribution in [2.45, 2.75) is 26.6 Å². The van der Waals surface area contributed by atoms with Crippen molar-refractivity contribution in [1.29, 1.82) is 0 Å². The summed E-state index contributed by atoms with van der Waals surface area (Å²) in [4.78, 5) is 25.1. The van der Waals surface area contributed by atoms with Gasteiger partial charge >= 0.3 is 5.97 Å². The fourth-order valence-electron chi connectivity index (χ4n) is 2.78. The van der Waals surface area contributed by atoms with Crippen LogP contribution < -0.4 is 5.32 Å². The van der Waals surface area contributed by atoms with Gasteiger partial charge in [0.2, 0.25) is 5.76 Å². The third-order valence-corrected chi connectivity index (χ3v) is 4.52. The zero-order valence-electron chi connectivity index (χ0n) is 15.7. The molecule has 3 aromatic rings. The van der Waals surface area contributed by atoms with Crippen molar-refractivity contribution in [1.82, 2.24) is 0 Å². The van der Waals surface area contributed by atoms with Gasteiger partial charge in [-0.1, -0.05) is 35.9 Å². The Morgan fingerprint density at radius 2 is 1.96 bits per heavy atom. The summed E-state index contributed by atoms with van der Waals surface area (Å²) in [5.41, 5.74) is 2.54. The van der Waals surface area contributed by atoms with Crippen molar-refractivity contribution in [3.05, 3.63) is 64.4 Å². The third-order valence-electron chi connectivity index (χ3n) is 4.28. The highest BCUT2D eigenvalue weighted by Crippen LogP contribution is 2.27. The molecule has 0 saturated heterocycles. The van der Waals surface area contributed by atoms with Crippen LogP contribution in [0.3, 0.4) is 0 Å². The maximum Gasteiger partial charge on any atom is 0.375 e. The van der Waals surface area contributed by atoms with Gasteiger partial charge in [-0.2, -0.15) is 0 Å². The van der Waals surface area contributed by atoms with Gasteiger partial charge in [-0.3, -0.25) is 4.79 Å². The van der Waals surface area contributed by atoms with Gasteiger partial charge in [-0.05, 0) is 37.6 Å². The number of carbonyl (C=O) groups is 2. The van der Waals surface area contributed by atoms with E-state index in [-0.39, 0.29) is 12.4 Å². The van der Waals surface area contributed by atoms with Crippen LogP contribution in [0.15, 0.2) is 46.9 Å². The second-order valence-electron chi connectivity index (χ2n) is 6.33. The quantitative estimate of drug-likeness (QED) is 0.604. The topological polar surface area (TPSA) is 77.8 Å². The molecule has 7 heteroatoms. The monoisotopic (exact) mass is 401 g/mol. The van der Waals surface area contributed by atoms with Crippen LogP contribution in [0.1, 0.15) is 28.6 Å². The number of hydrogen-bond acceptors (Lipinski definition) is 5. The Hall–Kier alpha value is -2.83. The zero-order chi connectivity index (χ0) is 20.3. The Kier molecular flexibility index (Phi) is 6.02. The highest BCUT2D eigenvalue weighted by Gasteiger charge is 2.26. The Bertz CT molecular complexity index is 1030. The molecule has 0 unspecified atom stereocenters. The first kappa shape index (κ1) is 19.9. The van der Waals surface area contributed by atoms with Gasteiger partial charge in [0.05, 0.1) is 6.61 Å². The molecule has 0 radical (unpaired) electrons. The Labute approximate surface area is 167 Å². The minimum atomic E-state index is -1.03. The molecule has 1 heterocycles. The molecule has 0 aliphatic rings. The number of hydrogen-bond donors (Lipinski definition) is 1. The zero-order valence-corrected chi connectivity index (χ0v) is 16.5. The van der Waals surface area contributed by atoms with E-state index in [2.05, 4.69) is 5.32 Å². The number of esters is 1. The molecule has 0 spiro atoms. The van der Waals surface area contributed by atoms with E-state index in [0.717, 1.165) is 10.9 Å². The molecule has 1 N–H and O–H groups in total. The first-order valence-electron chi connectivity index (χ1n) is 8.68. The van der Waals surface area contributed by atoms with Crippen molar-refractivity contribution in [2.75, 3.05) is 12.4 Å². The van der Waals surface area contributed by atoms with Gasteiger partial charge in [0.1, 0.15) is 5.58 Å². The molecule has 1 amide bonds. The van der Waals surface area contributed by atoms with Gasteiger partial charge in [0, 0.05) is 28.8 Å². The number of para-hydroxylation sites is 1. The minimum absolute atomic E-state index is 0.0293. The number of ether oxygens (including phenoxy) is 2. The van der Waals surface area contributed by atoms with E-state index in [1.54, 1.807) is 30.3 Å². The van der Waals surface area contributed by atoms with Crippen LogP contribution in [0.2, 0.25) is 5.02 Å². The summed E-state index contributed by atoms with van der Waals surface area (Å²) >= 11 is 5.97. The van der Waals surface area contributed by atoms with Crippen molar-refractivity contribution in [3.63, 3.8) is 0 Å². The predicted octanol–water partition coefficient (Wildman–Crippen LogP) is 4.73. The van der Waals surface area contributed by atoms with Gasteiger partial charge in [0.15, 0.2) is 6.10 Å². The molecule has 0 aliphatic heterocycles. The first-order valence-corrected chi connectivity index (χ1v) is 9.06. The summed E-state index contributed by atoms with van der Waals surface area (Å²) in [5, 5.41) is 3.98. The van der Waals surface area contributed by atoms with E-state index >= 15 is 0 Å². The number of carbonyl (C=O) groups excluding carboxylic acids is 2. The molecule has 0 bridgehead atoms. The maximum atomic E-state index is 12.6. The standard InChI is InChI=1S/C21H20ClNO5/c1-12-8-9-14(22)10-17(12)23-20(24)13(2)27-21(25)19-16(11-26-3)15-6-4-5-7-18(15)28-19/h4-10,13H,11H2,1-3H3,(H,23,24)/t13-/m0/s1. The summed E-state index contributed by atoms with van der Waals surface area (Å²) < 4.78 is 16.1. The van der Waals surface area contributed by atoms with Crippen LogP contribution in [0.25, 0.3) is 11.0 Å². The van der Waals surface area contributed by atoms with Gasteiger partial charge < -0.3 is 19.2 Å². The first-order chi connectivity index (χ1) is 13.4. The summed E-state index contributed by atoms with van der Waals surface area (Å²) in [5.74, 6) is -1.17. The molecule has 0 fully saturated rings. The molecule has 0 aliphatic carbocycles. The van der Waals surface area contributed by atoms with Crippen LogP contribution in [-0.4, -0.2) is 25.1 Å². The van der Waals surface area contributed by atoms with E-state index in [1.165, 1.54) is 14.0 Å². The number of anilines is 1. The number of aryl methyl sites for hydroxylation is 1. The fourth-order valence-corrected chi connectivity index (χ4v) is 2.95. The van der Waals surface area contributed by atoms with Crippen LogP contribution >= 0.6 is 11.6 Å². The number of nitrogens with one attached hydrogen (secondary N) is 1. The molecule has 146 valence electrons. The van der Waals surface area contributed by atoms with Crippen molar-refractivity contribution >= 4 is 40.1 Å². The Morgan fingerprint density at radius 1 is 1.21 bits per heavy atom. The average molecular weight is 402 g/mol. The lowest BCUT2D eigenvalue weighted by Gasteiger charge is -2.14. The van der Waals surface area contributed by atoms with E-state index in [1.807, 2.05) is 19.1 Å². The largest absolute Gasteiger partial charge is 0.449 e. The Morgan fingerprint density at radius 3 is 2.71 bits per heavy atom. The van der Waals surface area contributed by atoms with Crippen LogP contribution in [0.5, 0.6) is 0 Å². The van der Waals surface area contributed by atoms with E-state index in [9.17, 15) is 9.59 Å². The van der Waals surface area contributed by atoms with Gasteiger partial charge in [-0.25, -0.2) is 4.79 Å². The van der Waals surface area contributed by atoms with Crippen molar-refractivity contribution < 1.29 is 23.5 Å². The van der Waals surface area contributed by atoms with Crippen molar-refractivity contribution in [2.24, 2.45) is 0 Å². The van der Waals surface area contributed by atoms with Gasteiger partial charge in [-0.15, -0.1) is 0 Å². The minimum Gasteiger partial charge on any atom is -0.449 e. The number of rotatable bonds is 6. The summed E-state index contributed by atoms with van der Waals surface area (Å²) in [6.45, 7) is 3.52. The molecule has 1 atom stereocenters.